The summed E-state index contributed by atoms with van der Waals surface area (Å²) in [6.07, 6.45) is 3.62. The van der Waals surface area contributed by atoms with Crippen LogP contribution in [0.5, 0.6) is 0 Å². The van der Waals surface area contributed by atoms with Gasteiger partial charge in [-0.05, 0) is 40.5 Å². The molecule has 2 atom stereocenters. The average molecular weight is 228 g/mol. The predicted molar refractivity (Wildman–Crippen MR) is 63.8 cm³/mol. The molecule has 1 fully saturated rings. The molecular weight excluding hydrogens is 204 g/mol. The summed E-state index contributed by atoms with van der Waals surface area (Å²) in [5, 5.41) is 2.19. The maximum atomic E-state index is 11.4. The van der Waals surface area contributed by atoms with E-state index < -0.39 is 0 Å². The van der Waals surface area contributed by atoms with E-state index in [1.54, 1.807) is 0 Å². The van der Waals surface area contributed by atoms with Crippen LogP contribution < -0.4 is 5.43 Å². The molecule has 0 spiro atoms. The quantitative estimate of drug-likeness (QED) is 0.744. The first-order valence-corrected chi connectivity index (χ1v) is 6.22. The lowest BCUT2D eigenvalue weighted by Crippen LogP contribution is -2.53. The molecule has 1 heterocycles. The topological polar surface area (TPSA) is 41.6 Å². The van der Waals surface area contributed by atoms with Gasteiger partial charge in [-0.1, -0.05) is 6.42 Å². The fourth-order valence-electron chi connectivity index (χ4n) is 2.19. The third-order valence-electron chi connectivity index (χ3n) is 2.97. The lowest BCUT2D eigenvalue weighted by Gasteiger charge is -2.38. The first kappa shape index (κ1) is 13.5. The van der Waals surface area contributed by atoms with E-state index in [0.717, 1.165) is 0 Å². The number of piperidine rings is 1. The van der Waals surface area contributed by atoms with Gasteiger partial charge >= 0.3 is 5.97 Å². The highest BCUT2D eigenvalue weighted by Crippen LogP contribution is 2.19. The first-order valence-electron chi connectivity index (χ1n) is 6.22. The lowest BCUT2D eigenvalue weighted by molar-refractivity contribution is -0.148. The molecule has 0 aliphatic carbocycles. The minimum absolute atomic E-state index is 0.0366. The van der Waals surface area contributed by atoms with Crippen LogP contribution in [0.15, 0.2) is 0 Å². The highest BCUT2D eigenvalue weighted by atomic mass is 16.5. The van der Waals surface area contributed by atoms with E-state index >= 15 is 0 Å². The smallest absolute Gasteiger partial charge is 0.321 e. The molecule has 2 unspecified atom stereocenters. The maximum Gasteiger partial charge on any atom is 0.321 e. The third kappa shape index (κ3) is 4.10. The van der Waals surface area contributed by atoms with Crippen molar-refractivity contribution in [2.24, 2.45) is 0 Å². The molecule has 0 radical (unpaired) electrons. The standard InChI is InChI=1S/C12H24N2O2/c1-9(2)16-12(15)8-13-14-10(3)6-5-7-11(14)4/h9-11,13H,5-8H2,1-4H3. The Morgan fingerprint density at radius 3 is 2.44 bits per heavy atom. The number of carbonyl (C=O) groups excluding carboxylic acids is 1. The Hall–Kier alpha value is -0.610. The monoisotopic (exact) mass is 228 g/mol. The van der Waals surface area contributed by atoms with Crippen molar-refractivity contribution in [1.82, 2.24) is 10.4 Å². The summed E-state index contributed by atoms with van der Waals surface area (Å²) in [6.45, 7) is 8.38. The van der Waals surface area contributed by atoms with Crippen molar-refractivity contribution >= 4 is 5.97 Å². The molecule has 1 aliphatic heterocycles. The number of hydrogen-bond donors (Lipinski definition) is 1. The fraction of sp³-hybridized carbons (Fsp3) is 0.917. The summed E-state index contributed by atoms with van der Waals surface area (Å²) in [5.74, 6) is -0.181. The molecule has 94 valence electrons. The van der Waals surface area contributed by atoms with Gasteiger partial charge in [0.1, 0.15) is 6.54 Å². The van der Waals surface area contributed by atoms with E-state index in [1.807, 2.05) is 13.8 Å². The zero-order valence-corrected chi connectivity index (χ0v) is 10.8. The highest BCUT2D eigenvalue weighted by Gasteiger charge is 2.24. The highest BCUT2D eigenvalue weighted by molar-refractivity contribution is 5.71. The SMILES string of the molecule is CC(C)OC(=O)CNN1C(C)CCCC1C. The van der Waals surface area contributed by atoms with Gasteiger partial charge in [0.05, 0.1) is 6.10 Å². The number of nitrogens with one attached hydrogen (secondary N) is 1. The largest absolute Gasteiger partial charge is 0.462 e. The minimum atomic E-state index is -0.181. The van der Waals surface area contributed by atoms with Crippen LogP contribution in [-0.2, 0) is 9.53 Å². The van der Waals surface area contributed by atoms with Gasteiger partial charge in [0.15, 0.2) is 0 Å². The summed E-state index contributed by atoms with van der Waals surface area (Å²) >= 11 is 0. The van der Waals surface area contributed by atoms with Crippen molar-refractivity contribution in [2.45, 2.75) is 65.1 Å². The van der Waals surface area contributed by atoms with Crippen molar-refractivity contribution < 1.29 is 9.53 Å². The summed E-state index contributed by atoms with van der Waals surface area (Å²) in [4.78, 5) is 11.4. The van der Waals surface area contributed by atoms with Crippen molar-refractivity contribution in [2.75, 3.05) is 6.54 Å². The van der Waals surface area contributed by atoms with E-state index in [-0.39, 0.29) is 18.6 Å². The van der Waals surface area contributed by atoms with Crippen LogP contribution in [-0.4, -0.2) is 35.7 Å². The molecule has 1 rings (SSSR count). The molecule has 1 N–H and O–H groups in total. The van der Waals surface area contributed by atoms with Crippen LogP contribution in [0, 0.1) is 0 Å². The van der Waals surface area contributed by atoms with Crippen molar-refractivity contribution in [3.8, 4) is 0 Å². The van der Waals surface area contributed by atoms with Gasteiger partial charge in [0, 0.05) is 12.1 Å². The number of rotatable bonds is 4. The number of hydrazine groups is 1. The van der Waals surface area contributed by atoms with Gasteiger partial charge in [0.25, 0.3) is 0 Å². The minimum Gasteiger partial charge on any atom is -0.462 e. The number of ether oxygens (including phenoxy) is 1. The second-order valence-corrected chi connectivity index (χ2v) is 4.91. The molecule has 0 aromatic heterocycles. The lowest BCUT2D eigenvalue weighted by atomic mass is 10.00. The Balaban J connectivity index is 2.32. The van der Waals surface area contributed by atoms with Crippen LogP contribution in [0.4, 0.5) is 0 Å². The van der Waals surface area contributed by atoms with E-state index in [0.29, 0.717) is 12.1 Å². The average Bonchev–Trinajstić information content (AvgIpc) is 2.15. The van der Waals surface area contributed by atoms with E-state index in [4.69, 9.17) is 4.74 Å². The summed E-state index contributed by atoms with van der Waals surface area (Å²) in [5.41, 5.74) is 3.19. The van der Waals surface area contributed by atoms with Crippen molar-refractivity contribution in [3.05, 3.63) is 0 Å². The Kier molecular flexibility index (Phi) is 5.22. The first-order chi connectivity index (χ1) is 7.50. The molecular formula is C12H24N2O2. The Bertz CT molecular complexity index is 221. The number of esters is 1. The van der Waals surface area contributed by atoms with Crippen LogP contribution in [0.2, 0.25) is 0 Å². The molecule has 4 nitrogen and oxygen atoms in total. The maximum absolute atomic E-state index is 11.4. The Morgan fingerprint density at radius 2 is 1.94 bits per heavy atom. The predicted octanol–water partition coefficient (Wildman–Crippen LogP) is 1.71. The van der Waals surface area contributed by atoms with E-state index in [9.17, 15) is 4.79 Å². The molecule has 0 aromatic carbocycles. The zero-order chi connectivity index (χ0) is 12.1. The van der Waals surface area contributed by atoms with E-state index in [1.165, 1.54) is 19.3 Å². The fourth-order valence-corrected chi connectivity index (χ4v) is 2.19. The number of carbonyl (C=O) groups is 1. The molecule has 0 aromatic rings. The van der Waals surface area contributed by atoms with Gasteiger partial charge in [-0.15, -0.1) is 0 Å². The molecule has 1 aliphatic rings. The molecule has 0 saturated carbocycles. The summed E-state index contributed by atoms with van der Waals surface area (Å²) < 4.78 is 5.08. The second-order valence-electron chi connectivity index (χ2n) is 4.91. The molecule has 16 heavy (non-hydrogen) atoms. The van der Waals surface area contributed by atoms with Crippen LogP contribution in [0.1, 0.15) is 47.0 Å². The number of nitrogens with zero attached hydrogens (tertiary/aromatic N) is 1. The zero-order valence-electron chi connectivity index (χ0n) is 10.8. The summed E-state index contributed by atoms with van der Waals surface area (Å²) in [6, 6.07) is 0.992. The Morgan fingerprint density at radius 1 is 1.38 bits per heavy atom. The molecule has 0 amide bonds. The third-order valence-corrected chi connectivity index (χ3v) is 2.97. The van der Waals surface area contributed by atoms with Gasteiger partial charge < -0.3 is 4.74 Å². The molecule has 1 saturated heterocycles. The Labute approximate surface area is 98.3 Å². The summed E-state index contributed by atoms with van der Waals surface area (Å²) in [7, 11) is 0. The second kappa shape index (κ2) is 6.21. The van der Waals surface area contributed by atoms with Crippen molar-refractivity contribution in [1.29, 1.82) is 0 Å². The molecule has 0 bridgehead atoms. The van der Waals surface area contributed by atoms with Crippen LogP contribution in [0.25, 0.3) is 0 Å². The van der Waals surface area contributed by atoms with E-state index in [2.05, 4.69) is 24.3 Å². The van der Waals surface area contributed by atoms with Crippen LogP contribution >= 0.6 is 0 Å². The van der Waals surface area contributed by atoms with Crippen molar-refractivity contribution in [3.63, 3.8) is 0 Å². The van der Waals surface area contributed by atoms with Gasteiger partial charge in [-0.25, -0.2) is 10.4 Å². The van der Waals surface area contributed by atoms with Gasteiger partial charge in [-0.2, -0.15) is 0 Å². The van der Waals surface area contributed by atoms with Gasteiger partial charge in [0.2, 0.25) is 0 Å². The molecule has 4 heteroatoms. The number of hydrogen-bond acceptors (Lipinski definition) is 4. The van der Waals surface area contributed by atoms with Gasteiger partial charge in [-0.3, -0.25) is 4.79 Å². The van der Waals surface area contributed by atoms with Crippen LogP contribution in [0.3, 0.4) is 0 Å². The normalized spacial score (nSPS) is 27.1.